The molecule has 0 aromatic carbocycles. The number of hydrazine groups is 1. The van der Waals surface area contributed by atoms with Crippen molar-refractivity contribution < 1.29 is 28.6 Å². The normalized spacial score (nSPS) is 13.4. The minimum Gasteiger partial charge on any atom is -0.481 e. The first-order valence-electron chi connectivity index (χ1n) is 8.79. The fourth-order valence-corrected chi connectivity index (χ4v) is 2.85. The summed E-state index contributed by atoms with van der Waals surface area (Å²) in [6.07, 6.45) is 2.36. The van der Waals surface area contributed by atoms with E-state index in [1.165, 1.54) is 31.3 Å². The highest BCUT2D eigenvalue weighted by Crippen LogP contribution is 2.24. The van der Waals surface area contributed by atoms with E-state index in [1.807, 2.05) is 0 Å². The van der Waals surface area contributed by atoms with Crippen LogP contribution >= 0.6 is 0 Å². The second-order valence-electron chi connectivity index (χ2n) is 5.99. The van der Waals surface area contributed by atoms with E-state index in [9.17, 15) is 14.4 Å². The second kappa shape index (κ2) is 9.75. The third-order valence-electron chi connectivity index (χ3n) is 4.27. The third kappa shape index (κ3) is 5.08. The Balaban J connectivity index is 2.01. The molecule has 1 saturated heterocycles. The molecular formula is C18H25N3O6. The lowest BCUT2D eigenvalue weighted by atomic mass is 10.2. The molecule has 0 bridgehead atoms. The van der Waals surface area contributed by atoms with Gasteiger partial charge in [0.15, 0.2) is 0 Å². The summed E-state index contributed by atoms with van der Waals surface area (Å²) in [5.74, 6) is -0.298. The summed E-state index contributed by atoms with van der Waals surface area (Å²) in [6.45, 7) is 0.926. The fraction of sp³-hybridized carbons (Fsp3) is 0.556. The van der Waals surface area contributed by atoms with Gasteiger partial charge in [0.05, 0.1) is 21.3 Å². The maximum atomic E-state index is 12.9. The van der Waals surface area contributed by atoms with Crippen LogP contribution in [0.15, 0.2) is 12.1 Å². The number of nitrogens with zero attached hydrogens (tertiary/aromatic N) is 3. The molecule has 0 radical (unpaired) electrons. The van der Waals surface area contributed by atoms with Crippen molar-refractivity contribution >= 4 is 17.8 Å². The van der Waals surface area contributed by atoms with E-state index < -0.39 is 0 Å². The van der Waals surface area contributed by atoms with E-state index in [0.717, 1.165) is 0 Å². The molecule has 0 unspecified atom stereocenters. The zero-order valence-electron chi connectivity index (χ0n) is 15.9. The van der Waals surface area contributed by atoms with Crippen molar-refractivity contribution in [3.8, 4) is 11.8 Å². The standard InChI is InChI=1S/C18H25N3O6/c1-25-14-10-9-13(17(19-14)27-3)18(24)21-12-6-11-20(21)15(22)7-4-5-8-16(23)26-2/h9-10H,4-8,11-12H2,1-3H3. The average Bonchev–Trinajstić information content (AvgIpc) is 3.19. The molecule has 0 atom stereocenters. The molecule has 2 rings (SSSR count). The van der Waals surface area contributed by atoms with Crippen molar-refractivity contribution in [1.29, 1.82) is 0 Å². The Labute approximate surface area is 158 Å². The number of esters is 1. The maximum Gasteiger partial charge on any atom is 0.305 e. The van der Waals surface area contributed by atoms with Crippen LogP contribution in [0.4, 0.5) is 0 Å². The summed E-state index contributed by atoms with van der Waals surface area (Å²) in [6, 6.07) is 3.15. The molecule has 2 heterocycles. The van der Waals surface area contributed by atoms with Gasteiger partial charge in [-0.15, -0.1) is 0 Å². The number of hydrogen-bond acceptors (Lipinski definition) is 7. The van der Waals surface area contributed by atoms with Gasteiger partial charge in [0.2, 0.25) is 17.7 Å². The van der Waals surface area contributed by atoms with Crippen LogP contribution in [0.25, 0.3) is 0 Å². The largest absolute Gasteiger partial charge is 0.481 e. The molecule has 27 heavy (non-hydrogen) atoms. The van der Waals surface area contributed by atoms with Crippen LogP contribution in [0.5, 0.6) is 11.8 Å². The van der Waals surface area contributed by atoms with Crippen molar-refractivity contribution in [3.05, 3.63) is 17.7 Å². The molecule has 1 fully saturated rings. The van der Waals surface area contributed by atoms with Crippen LogP contribution in [0.3, 0.4) is 0 Å². The number of aromatic nitrogens is 1. The summed E-state index contributed by atoms with van der Waals surface area (Å²) in [4.78, 5) is 40.7. The minimum atomic E-state index is -0.345. The molecule has 0 spiro atoms. The molecule has 1 aromatic heterocycles. The number of rotatable bonds is 8. The van der Waals surface area contributed by atoms with E-state index in [1.54, 1.807) is 12.1 Å². The zero-order chi connectivity index (χ0) is 19.8. The summed E-state index contributed by atoms with van der Waals surface area (Å²) in [5, 5.41) is 2.89. The molecule has 0 aliphatic carbocycles. The van der Waals surface area contributed by atoms with Gasteiger partial charge in [-0.3, -0.25) is 19.4 Å². The molecule has 1 aromatic rings. The van der Waals surface area contributed by atoms with Crippen LogP contribution in [0, 0.1) is 0 Å². The van der Waals surface area contributed by atoms with Gasteiger partial charge in [0, 0.05) is 32.0 Å². The summed E-state index contributed by atoms with van der Waals surface area (Å²) in [7, 11) is 4.24. The number of unbranched alkanes of at least 4 members (excludes halogenated alkanes) is 1. The smallest absolute Gasteiger partial charge is 0.305 e. The SMILES string of the molecule is COC(=O)CCCCC(=O)N1CCCN1C(=O)c1ccc(OC)nc1OC. The number of ether oxygens (including phenoxy) is 3. The Hall–Kier alpha value is -2.84. The van der Waals surface area contributed by atoms with E-state index in [0.29, 0.717) is 38.2 Å². The lowest BCUT2D eigenvalue weighted by molar-refractivity contribution is -0.142. The molecule has 0 saturated carbocycles. The molecule has 1 aliphatic rings. The second-order valence-corrected chi connectivity index (χ2v) is 5.99. The van der Waals surface area contributed by atoms with E-state index in [4.69, 9.17) is 9.47 Å². The van der Waals surface area contributed by atoms with Crippen LogP contribution < -0.4 is 9.47 Å². The van der Waals surface area contributed by atoms with Gasteiger partial charge in [-0.25, -0.2) is 5.01 Å². The van der Waals surface area contributed by atoms with Crippen molar-refractivity contribution in [2.75, 3.05) is 34.4 Å². The number of amides is 2. The molecule has 2 amide bonds. The first kappa shape index (κ1) is 20.5. The molecule has 9 heteroatoms. The van der Waals surface area contributed by atoms with Gasteiger partial charge >= 0.3 is 5.97 Å². The summed E-state index contributed by atoms with van der Waals surface area (Å²) >= 11 is 0. The van der Waals surface area contributed by atoms with Crippen LogP contribution in [0.1, 0.15) is 42.5 Å². The Bertz CT molecular complexity index is 694. The molecule has 1 aliphatic heterocycles. The van der Waals surface area contributed by atoms with Crippen LogP contribution in [-0.2, 0) is 14.3 Å². The minimum absolute atomic E-state index is 0.147. The van der Waals surface area contributed by atoms with E-state index >= 15 is 0 Å². The number of carbonyl (C=O) groups is 3. The van der Waals surface area contributed by atoms with Crippen molar-refractivity contribution in [1.82, 2.24) is 15.0 Å². The quantitative estimate of drug-likeness (QED) is 0.498. The van der Waals surface area contributed by atoms with E-state index in [-0.39, 0.29) is 42.1 Å². The predicted octanol–water partition coefficient (Wildman–Crippen LogP) is 1.42. The van der Waals surface area contributed by atoms with Crippen LogP contribution in [0.2, 0.25) is 0 Å². The van der Waals surface area contributed by atoms with Gasteiger partial charge in [-0.05, 0) is 25.3 Å². The Morgan fingerprint density at radius 3 is 2.37 bits per heavy atom. The predicted molar refractivity (Wildman–Crippen MR) is 95.2 cm³/mol. The highest BCUT2D eigenvalue weighted by molar-refractivity contribution is 5.97. The monoisotopic (exact) mass is 379 g/mol. The van der Waals surface area contributed by atoms with Crippen molar-refractivity contribution in [3.63, 3.8) is 0 Å². The highest BCUT2D eigenvalue weighted by Gasteiger charge is 2.32. The third-order valence-corrected chi connectivity index (χ3v) is 4.27. The molecule has 148 valence electrons. The zero-order valence-corrected chi connectivity index (χ0v) is 15.9. The van der Waals surface area contributed by atoms with Gasteiger partial charge in [-0.2, -0.15) is 4.98 Å². The van der Waals surface area contributed by atoms with Gasteiger partial charge in [0.1, 0.15) is 5.56 Å². The number of methoxy groups -OCH3 is 3. The van der Waals surface area contributed by atoms with Gasteiger partial charge in [0.25, 0.3) is 5.91 Å². The van der Waals surface area contributed by atoms with Crippen molar-refractivity contribution in [2.45, 2.75) is 32.1 Å². The lowest BCUT2D eigenvalue weighted by Crippen LogP contribution is -2.44. The van der Waals surface area contributed by atoms with E-state index in [2.05, 4.69) is 9.72 Å². The summed E-state index contributed by atoms with van der Waals surface area (Å²) < 4.78 is 14.8. The first-order chi connectivity index (χ1) is 13.0. The molecular weight excluding hydrogens is 354 g/mol. The highest BCUT2D eigenvalue weighted by atomic mass is 16.5. The lowest BCUT2D eigenvalue weighted by Gasteiger charge is -2.28. The molecule has 9 nitrogen and oxygen atoms in total. The maximum absolute atomic E-state index is 12.9. The van der Waals surface area contributed by atoms with Gasteiger partial charge in [-0.1, -0.05) is 0 Å². The first-order valence-corrected chi connectivity index (χ1v) is 8.79. The number of hydrogen-bond donors (Lipinski definition) is 0. The number of carbonyl (C=O) groups excluding carboxylic acids is 3. The van der Waals surface area contributed by atoms with Crippen molar-refractivity contribution in [2.24, 2.45) is 0 Å². The number of pyridine rings is 1. The fourth-order valence-electron chi connectivity index (χ4n) is 2.85. The molecule has 0 N–H and O–H groups in total. The Morgan fingerprint density at radius 1 is 1.00 bits per heavy atom. The topological polar surface area (TPSA) is 98.3 Å². The summed E-state index contributed by atoms with van der Waals surface area (Å²) in [5.41, 5.74) is 0.267. The Kier molecular flexibility index (Phi) is 7.39. The average molecular weight is 379 g/mol. The Morgan fingerprint density at radius 2 is 1.70 bits per heavy atom. The van der Waals surface area contributed by atoms with Gasteiger partial charge < -0.3 is 14.2 Å². The van der Waals surface area contributed by atoms with Crippen LogP contribution in [-0.4, -0.2) is 67.2 Å².